The van der Waals surface area contributed by atoms with Crippen LogP contribution in [0, 0.1) is 35.5 Å². The third-order valence-electron chi connectivity index (χ3n) is 4.75. The van der Waals surface area contributed by atoms with Crippen molar-refractivity contribution in [3.63, 3.8) is 0 Å². The Hall–Kier alpha value is 1.54. The molecule has 0 aliphatic rings. The summed E-state index contributed by atoms with van der Waals surface area (Å²) < 4.78 is 3.11. The van der Waals surface area contributed by atoms with Crippen LogP contribution >= 0.6 is 63.2 Å². The Bertz CT molecular complexity index is 565. The van der Waals surface area contributed by atoms with Crippen molar-refractivity contribution in [2.75, 3.05) is 39.3 Å². The summed E-state index contributed by atoms with van der Waals surface area (Å²) in [4.78, 5) is 7.29. The van der Waals surface area contributed by atoms with Crippen LogP contribution in [0.5, 0.6) is 0 Å². The monoisotopic (exact) mass is 733 g/mol. The zero-order valence-electron chi connectivity index (χ0n) is 25.4. The first-order valence-electron chi connectivity index (χ1n) is 13.7. The molecule has 37 heavy (non-hydrogen) atoms. The van der Waals surface area contributed by atoms with Crippen LogP contribution in [0.1, 0.15) is 83.1 Å². The zero-order valence-corrected chi connectivity index (χ0v) is 32.9. The molecule has 218 valence electrons. The first kappa shape index (κ1) is 38.5. The second-order valence-electron chi connectivity index (χ2n) is 12.4. The average Bonchev–Trinajstić information content (AvgIpc) is 2.70. The van der Waals surface area contributed by atoms with E-state index in [1.807, 2.05) is 26.5 Å². The van der Waals surface area contributed by atoms with Crippen molar-refractivity contribution in [1.29, 1.82) is 0 Å². The van der Waals surface area contributed by atoms with Gasteiger partial charge >= 0.3 is 265 Å². The van der Waals surface area contributed by atoms with Gasteiger partial charge in [0.1, 0.15) is 0 Å². The Labute approximate surface area is 262 Å². The summed E-state index contributed by atoms with van der Waals surface area (Å²) >= 11 is 16.1. The fraction of sp³-hybridized carbons (Fsp3) is 0.889. The summed E-state index contributed by atoms with van der Waals surface area (Å²) in [5, 5.41) is 0. The molecule has 0 N–H and O–H groups in total. The minimum absolute atomic E-state index is 0.574. The molecule has 0 aliphatic carbocycles. The third kappa shape index (κ3) is 19.3. The van der Waals surface area contributed by atoms with Crippen molar-refractivity contribution < 1.29 is 0 Å². The summed E-state index contributed by atoms with van der Waals surface area (Å²) in [5.74, 6) is 3.45. The fourth-order valence-corrected chi connectivity index (χ4v) is 33.6. The van der Waals surface area contributed by atoms with E-state index >= 15 is 0 Å². The first-order valence-corrected chi connectivity index (χ1v) is 26.6. The van der Waals surface area contributed by atoms with Crippen LogP contribution < -0.4 is 0 Å². The van der Waals surface area contributed by atoms with Crippen LogP contribution in [0.3, 0.4) is 0 Å². The molecular weight excluding hydrogens is 680 g/mol. The summed E-state index contributed by atoms with van der Waals surface area (Å²) in [6, 6.07) is 0. The van der Waals surface area contributed by atoms with Crippen molar-refractivity contribution in [2.24, 2.45) is 35.5 Å². The van der Waals surface area contributed by atoms with Crippen LogP contribution in [0.2, 0.25) is 0 Å². The SMILES string of the molecule is CC(C)CN(CC(C)C)C(=S)[S][Sb]([S]C(=S)N(CC(C)C)CC(C)C)[S]C(=S)N(CC(C)C)CC(C)C. The maximum absolute atomic E-state index is 6.10. The van der Waals surface area contributed by atoms with E-state index in [0.717, 1.165) is 52.2 Å². The molecule has 0 saturated heterocycles. The van der Waals surface area contributed by atoms with Gasteiger partial charge in [0.2, 0.25) is 0 Å². The predicted molar refractivity (Wildman–Crippen MR) is 190 cm³/mol. The van der Waals surface area contributed by atoms with Crippen LogP contribution in [-0.4, -0.2) is 82.9 Å². The predicted octanol–water partition coefficient (Wildman–Crippen LogP) is 8.87. The molecule has 0 aromatic heterocycles. The van der Waals surface area contributed by atoms with Gasteiger partial charge in [-0.15, -0.1) is 0 Å². The van der Waals surface area contributed by atoms with E-state index in [-0.39, 0.29) is 0 Å². The van der Waals surface area contributed by atoms with E-state index < -0.39 is 16.0 Å². The molecule has 0 aliphatic heterocycles. The van der Waals surface area contributed by atoms with E-state index in [1.54, 1.807) is 0 Å². The van der Waals surface area contributed by atoms with Gasteiger partial charge < -0.3 is 0 Å². The molecule has 0 bridgehead atoms. The van der Waals surface area contributed by atoms with Gasteiger partial charge in [-0.1, -0.05) is 0 Å². The Morgan fingerprint density at radius 2 is 0.595 bits per heavy atom. The number of hydrogen-bond donors (Lipinski definition) is 0. The number of thiocarbonyl (C=S) groups is 3. The normalized spacial score (nSPS) is 12.1. The maximum atomic E-state index is 6.10. The second-order valence-corrected chi connectivity index (χ2v) is 34.0. The zero-order chi connectivity index (χ0) is 28.9. The van der Waals surface area contributed by atoms with Gasteiger partial charge in [-0.2, -0.15) is 0 Å². The van der Waals surface area contributed by atoms with E-state index in [9.17, 15) is 0 Å². The number of hydrogen-bond acceptors (Lipinski definition) is 6. The van der Waals surface area contributed by atoms with Crippen molar-refractivity contribution in [3.8, 4) is 0 Å². The molecule has 0 aromatic carbocycles. The van der Waals surface area contributed by atoms with Crippen molar-refractivity contribution >= 4 is 92.2 Å². The Morgan fingerprint density at radius 3 is 0.730 bits per heavy atom. The number of nitrogens with zero attached hydrogens (tertiary/aromatic N) is 3. The van der Waals surface area contributed by atoms with Crippen LogP contribution in [0.15, 0.2) is 0 Å². The molecule has 10 heteroatoms. The number of rotatable bonds is 15. The Kier molecular flexibility index (Phi) is 21.3. The van der Waals surface area contributed by atoms with Gasteiger partial charge in [0.25, 0.3) is 0 Å². The van der Waals surface area contributed by atoms with E-state index in [0.29, 0.717) is 35.5 Å². The first-order chi connectivity index (χ1) is 17.0. The summed E-state index contributed by atoms with van der Waals surface area (Å²) in [6.07, 6.45) is 0. The molecule has 0 fully saturated rings. The van der Waals surface area contributed by atoms with Crippen LogP contribution in [0.25, 0.3) is 0 Å². The van der Waals surface area contributed by atoms with Gasteiger partial charge in [0.15, 0.2) is 0 Å². The average molecular weight is 735 g/mol. The standard InChI is InChI=1S/3C9H19NS2.Sb/c3*1-7(2)5-10(9(11)12)6-8(3)4;/h3*7-8H,5-6H2,1-4H3,(H,11,12);/q;;;+3/p-3. The van der Waals surface area contributed by atoms with Crippen LogP contribution in [0.4, 0.5) is 0 Å². The van der Waals surface area contributed by atoms with Crippen LogP contribution in [-0.2, 0) is 0 Å². The molecule has 0 radical (unpaired) electrons. The molecule has 3 nitrogen and oxygen atoms in total. The summed E-state index contributed by atoms with van der Waals surface area (Å²) in [7, 11) is 5.83. The molecular formula is C27H54N3S6Sb. The Morgan fingerprint density at radius 1 is 0.432 bits per heavy atom. The van der Waals surface area contributed by atoms with E-state index in [1.165, 1.54) is 0 Å². The minimum atomic E-state index is -2.20. The molecule has 0 amide bonds. The molecule has 0 saturated carbocycles. The molecule has 0 rings (SSSR count). The van der Waals surface area contributed by atoms with Gasteiger partial charge in [0, 0.05) is 0 Å². The third-order valence-corrected chi connectivity index (χ3v) is 28.6. The molecule has 0 aromatic rings. The van der Waals surface area contributed by atoms with Gasteiger partial charge in [-0.25, -0.2) is 0 Å². The fourth-order valence-electron chi connectivity index (χ4n) is 3.74. The topological polar surface area (TPSA) is 9.72 Å². The van der Waals surface area contributed by atoms with Gasteiger partial charge in [-0.3, -0.25) is 0 Å². The Balaban J connectivity index is 5.93. The van der Waals surface area contributed by atoms with E-state index in [2.05, 4.69) is 97.8 Å². The van der Waals surface area contributed by atoms with Crippen molar-refractivity contribution in [3.05, 3.63) is 0 Å². The second kappa shape index (κ2) is 20.4. The summed E-state index contributed by atoms with van der Waals surface area (Å²) in [6.45, 7) is 33.3. The van der Waals surface area contributed by atoms with Gasteiger partial charge in [-0.05, 0) is 0 Å². The summed E-state index contributed by atoms with van der Waals surface area (Å²) in [5.41, 5.74) is 0. The molecule has 0 heterocycles. The quantitative estimate of drug-likeness (QED) is 0.120. The molecule has 0 atom stereocenters. The molecule has 0 spiro atoms. The van der Waals surface area contributed by atoms with Crippen molar-refractivity contribution in [1.82, 2.24) is 14.7 Å². The van der Waals surface area contributed by atoms with E-state index in [4.69, 9.17) is 36.7 Å². The van der Waals surface area contributed by atoms with Gasteiger partial charge in [0.05, 0.1) is 0 Å². The van der Waals surface area contributed by atoms with Crippen molar-refractivity contribution in [2.45, 2.75) is 83.1 Å². The molecule has 0 unspecified atom stereocenters.